The number of aliphatic hydroxyl groups excluding tert-OH is 1. The van der Waals surface area contributed by atoms with Crippen molar-refractivity contribution < 1.29 is 13.5 Å². The summed E-state index contributed by atoms with van der Waals surface area (Å²) < 4.78 is 27.4. The second-order valence-electron chi connectivity index (χ2n) is 5.16. The van der Waals surface area contributed by atoms with Gasteiger partial charge in [-0.1, -0.05) is 17.9 Å². The molecule has 1 aromatic rings. The van der Waals surface area contributed by atoms with Crippen LogP contribution in [0.4, 0.5) is 0 Å². The molecular formula is C15H20N2O3S. The molecule has 1 fully saturated rings. The van der Waals surface area contributed by atoms with E-state index in [4.69, 9.17) is 5.73 Å². The molecule has 0 heterocycles. The maximum atomic E-state index is 12.4. The van der Waals surface area contributed by atoms with Gasteiger partial charge in [0.1, 0.15) is 0 Å². The molecule has 1 saturated carbocycles. The fraction of sp³-hybridized carbons (Fsp3) is 0.467. The number of nitrogens with one attached hydrogen (secondary N) is 1. The van der Waals surface area contributed by atoms with Crippen LogP contribution in [-0.2, 0) is 10.0 Å². The Morgan fingerprint density at radius 3 is 2.67 bits per heavy atom. The molecule has 0 aromatic heterocycles. The summed E-state index contributed by atoms with van der Waals surface area (Å²) in [6.45, 7) is 0.236. The minimum absolute atomic E-state index is 0.114. The highest BCUT2D eigenvalue weighted by atomic mass is 32.2. The van der Waals surface area contributed by atoms with E-state index in [-0.39, 0.29) is 23.6 Å². The Hall–Kier alpha value is -1.39. The zero-order valence-corrected chi connectivity index (χ0v) is 12.6. The Labute approximate surface area is 125 Å². The number of aliphatic hydroxyl groups is 1. The summed E-state index contributed by atoms with van der Waals surface area (Å²) in [4.78, 5) is 0.206. The molecule has 114 valence electrons. The van der Waals surface area contributed by atoms with Gasteiger partial charge in [-0.2, -0.15) is 0 Å². The summed E-state index contributed by atoms with van der Waals surface area (Å²) in [5.74, 6) is 5.53. The zero-order chi connectivity index (χ0) is 15.3. The summed E-state index contributed by atoms with van der Waals surface area (Å²) in [5, 5.41) is 9.46. The standard InChI is InChI=1S/C15H20N2O3S/c16-10-2-4-12-3-1-5-15(11-12)21(19,20)17-13-6-8-14(18)9-7-13/h1,3,5,11,13-14,17-18H,6-10,16H2. The van der Waals surface area contributed by atoms with Crippen LogP contribution >= 0.6 is 0 Å². The summed E-state index contributed by atoms with van der Waals surface area (Å²) in [7, 11) is -3.56. The predicted molar refractivity (Wildman–Crippen MR) is 81.0 cm³/mol. The highest BCUT2D eigenvalue weighted by Crippen LogP contribution is 2.20. The van der Waals surface area contributed by atoms with Crippen LogP contribution in [0.2, 0.25) is 0 Å². The quantitative estimate of drug-likeness (QED) is 0.712. The Kier molecular flexibility index (Phi) is 5.37. The van der Waals surface area contributed by atoms with Crippen LogP contribution in [0.1, 0.15) is 31.2 Å². The van der Waals surface area contributed by atoms with Gasteiger partial charge in [0.15, 0.2) is 0 Å². The third-order valence-corrected chi connectivity index (χ3v) is 5.02. The molecule has 0 spiro atoms. The maximum absolute atomic E-state index is 12.4. The van der Waals surface area contributed by atoms with E-state index in [1.54, 1.807) is 24.3 Å². The summed E-state index contributed by atoms with van der Waals surface area (Å²) in [5.41, 5.74) is 5.94. The number of benzene rings is 1. The first-order valence-corrected chi connectivity index (χ1v) is 8.49. The lowest BCUT2D eigenvalue weighted by Crippen LogP contribution is -2.38. The van der Waals surface area contributed by atoms with Crippen molar-refractivity contribution in [2.24, 2.45) is 5.73 Å². The van der Waals surface area contributed by atoms with E-state index >= 15 is 0 Å². The van der Waals surface area contributed by atoms with Crippen molar-refractivity contribution in [1.82, 2.24) is 4.72 Å². The van der Waals surface area contributed by atoms with Gasteiger partial charge in [-0.05, 0) is 43.9 Å². The first-order valence-electron chi connectivity index (χ1n) is 7.00. The van der Waals surface area contributed by atoms with Crippen molar-refractivity contribution in [3.63, 3.8) is 0 Å². The molecule has 5 nitrogen and oxygen atoms in total. The van der Waals surface area contributed by atoms with Crippen molar-refractivity contribution >= 4 is 10.0 Å². The largest absolute Gasteiger partial charge is 0.393 e. The van der Waals surface area contributed by atoms with Gasteiger partial charge >= 0.3 is 0 Å². The van der Waals surface area contributed by atoms with E-state index in [0.717, 1.165) is 0 Å². The van der Waals surface area contributed by atoms with Gasteiger partial charge < -0.3 is 10.8 Å². The summed E-state index contributed by atoms with van der Waals surface area (Å²) >= 11 is 0. The predicted octanol–water partition coefficient (Wildman–Crippen LogP) is 0.579. The average molecular weight is 308 g/mol. The molecule has 1 aliphatic carbocycles. The van der Waals surface area contributed by atoms with Crippen molar-refractivity contribution in [3.05, 3.63) is 29.8 Å². The number of rotatable bonds is 3. The van der Waals surface area contributed by atoms with Gasteiger partial charge in [0.25, 0.3) is 0 Å². The Balaban J connectivity index is 2.12. The van der Waals surface area contributed by atoms with Crippen LogP contribution in [0.15, 0.2) is 29.2 Å². The average Bonchev–Trinajstić information content (AvgIpc) is 2.48. The minimum atomic E-state index is -3.56. The summed E-state index contributed by atoms with van der Waals surface area (Å²) in [6, 6.07) is 6.39. The van der Waals surface area contributed by atoms with Gasteiger partial charge in [-0.25, -0.2) is 13.1 Å². The maximum Gasteiger partial charge on any atom is 0.240 e. The minimum Gasteiger partial charge on any atom is -0.393 e. The molecule has 0 saturated heterocycles. The van der Waals surface area contributed by atoms with Gasteiger partial charge in [-0.15, -0.1) is 0 Å². The van der Waals surface area contributed by atoms with Gasteiger partial charge in [0.2, 0.25) is 10.0 Å². The smallest absolute Gasteiger partial charge is 0.240 e. The molecule has 0 amide bonds. The molecule has 21 heavy (non-hydrogen) atoms. The molecule has 1 aromatic carbocycles. The van der Waals surface area contributed by atoms with Crippen molar-refractivity contribution in [2.45, 2.75) is 42.7 Å². The van der Waals surface area contributed by atoms with Gasteiger partial charge in [0, 0.05) is 11.6 Å². The van der Waals surface area contributed by atoms with E-state index in [1.165, 1.54) is 0 Å². The second kappa shape index (κ2) is 7.05. The molecule has 0 unspecified atom stereocenters. The first kappa shape index (κ1) is 16.0. The third kappa shape index (κ3) is 4.55. The molecule has 0 atom stereocenters. The van der Waals surface area contributed by atoms with Crippen LogP contribution in [0.25, 0.3) is 0 Å². The van der Waals surface area contributed by atoms with E-state index in [1.807, 2.05) is 0 Å². The molecule has 4 N–H and O–H groups in total. The zero-order valence-electron chi connectivity index (χ0n) is 11.7. The van der Waals surface area contributed by atoms with E-state index < -0.39 is 10.0 Å². The molecule has 1 aliphatic rings. The Bertz CT molecular complexity index is 638. The lowest BCUT2D eigenvalue weighted by Gasteiger charge is -2.25. The van der Waals surface area contributed by atoms with Crippen LogP contribution in [0, 0.1) is 11.8 Å². The highest BCUT2D eigenvalue weighted by Gasteiger charge is 2.24. The van der Waals surface area contributed by atoms with Gasteiger partial charge in [0.05, 0.1) is 17.5 Å². The van der Waals surface area contributed by atoms with Crippen LogP contribution in [0.3, 0.4) is 0 Å². The topological polar surface area (TPSA) is 92.4 Å². The number of hydrogen-bond donors (Lipinski definition) is 3. The van der Waals surface area contributed by atoms with Crippen LogP contribution < -0.4 is 10.5 Å². The normalized spacial score (nSPS) is 22.4. The molecule has 2 rings (SSSR count). The highest BCUT2D eigenvalue weighted by molar-refractivity contribution is 7.89. The Morgan fingerprint density at radius 2 is 2.00 bits per heavy atom. The van der Waals surface area contributed by atoms with Crippen LogP contribution in [0.5, 0.6) is 0 Å². The molecule has 0 radical (unpaired) electrons. The van der Waals surface area contributed by atoms with Crippen molar-refractivity contribution in [1.29, 1.82) is 0 Å². The number of sulfonamides is 1. The third-order valence-electron chi connectivity index (χ3n) is 3.50. The second-order valence-corrected chi connectivity index (χ2v) is 6.87. The fourth-order valence-corrected chi connectivity index (χ4v) is 3.73. The molecule has 0 bridgehead atoms. The van der Waals surface area contributed by atoms with E-state index in [9.17, 15) is 13.5 Å². The Morgan fingerprint density at radius 1 is 1.29 bits per heavy atom. The van der Waals surface area contributed by atoms with Crippen LogP contribution in [-0.4, -0.2) is 32.2 Å². The van der Waals surface area contributed by atoms with E-state index in [0.29, 0.717) is 31.2 Å². The number of hydrogen-bond acceptors (Lipinski definition) is 4. The fourth-order valence-electron chi connectivity index (χ4n) is 2.38. The first-order chi connectivity index (χ1) is 10.0. The monoisotopic (exact) mass is 308 g/mol. The molecule has 6 heteroatoms. The van der Waals surface area contributed by atoms with Crippen molar-refractivity contribution in [3.8, 4) is 11.8 Å². The molecular weight excluding hydrogens is 288 g/mol. The SMILES string of the molecule is NCC#Cc1cccc(S(=O)(=O)NC2CCC(O)CC2)c1. The van der Waals surface area contributed by atoms with Gasteiger partial charge in [-0.3, -0.25) is 0 Å². The lowest BCUT2D eigenvalue weighted by molar-refractivity contribution is 0.120. The molecule has 0 aliphatic heterocycles. The van der Waals surface area contributed by atoms with E-state index in [2.05, 4.69) is 16.6 Å². The summed E-state index contributed by atoms with van der Waals surface area (Å²) in [6.07, 6.45) is 2.28. The van der Waals surface area contributed by atoms with Crippen molar-refractivity contribution in [2.75, 3.05) is 6.54 Å². The number of nitrogens with two attached hydrogens (primary N) is 1. The lowest BCUT2D eigenvalue weighted by atomic mass is 9.94.